The van der Waals surface area contributed by atoms with Crippen molar-refractivity contribution in [2.45, 2.75) is 59.3 Å². The van der Waals surface area contributed by atoms with Gasteiger partial charge in [-0.05, 0) is 53.1 Å². The van der Waals surface area contributed by atoms with E-state index >= 15 is 0 Å². The number of rotatable bonds is 2. The number of hydrogen-bond acceptors (Lipinski definition) is 2. The van der Waals surface area contributed by atoms with Crippen LogP contribution in [0.5, 0.6) is 5.75 Å². The van der Waals surface area contributed by atoms with Gasteiger partial charge < -0.3 is 10.4 Å². The lowest BCUT2D eigenvalue weighted by Gasteiger charge is -2.26. The zero-order chi connectivity index (χ0) is 19.0. The van der Waals surface area contributed by atoms with E-state index in [1.807, 2.05) is 19.1 Å². The Balaban J connectivity index is 2.45. The van der Waals surface area contributed by atoms with Crippen molar-refractivity contribution in [2.24, 2.45) is 0 Å². The molecule has 2 rings (SSSR count). The number of phenols is 1. The fourth-order valence-electron chi connectivity index (χ4n) is 2.60. The van der Waals surface area contributed by atoms with Gasteiger partial charge in [-0.15, -0.1) is 0 Å². The SMILES string of the molecule is Cc1ccc(O)c(C(=O)Nc2cc(C(C)(C)C)cc(C(C)(C)C)c2)c1. The van der Waals surface area contributed by atoms with Crippen LogP contribution in [0.15, 0.2) is 36.4 Å². The van der Waals surface area contributed by atoms with Crippen molar-refractivity contribution < 1.29 is 9.90 Å². The minimum atomic E-state index is -0.299. The third-order valence-corrected chi connectivity index (χ3v) is 4.32. The Bertz CT molecular complexity index is 760. The highest BCUT2D eigenvalue weighted by Crippen LogP contribution is 2.32. The second-order valence-corrected chi connectivity index (χ2v) is 8.77. The van der Waals surface area contributed by atoms with E-state index in [4.69, 9.17) is 0 Å². The van der Waals surface area contributed by atoms with E-state index in [0.717, 1.165) is 11.3 Å². The third-order valence-electron chi connectivity index (χ3n) is 4.32. The van der Waals surface area contributed by atoms with Crippen LogP contribution in [-0.4, -0.2) is 11.0 Å². The van der Waals surface area contributed by atoms with Gasteiger partial charge in [0.1, 0.15) is 5.75 Å². The summed E-state index contributed by atoms with van der Waals surface area (Å²) in [5.74, 6) is -0.307. The van der Waals surface area contributed by atoms with Crippen LogP contribution in [0.1, 0.15) is 68.6 Å². The minimum Gasteiger partial charge on any atom is -0.507 e. The summed E-state index contributed by atoms with van der Waals surface area (Å²) in [5.41, 5.74) is 4.27. The third kappa shape index (κ3) is 4.62. The highest BCUT2D eigenvalue weighted by atomic mass is 16.3. The molecular weight excluding hydrogens is 310 g/mol. The Morgan fingerprint density at radius 1 is 0.880 bits per heavy atom. The molecule has 0 fully saturated rings. The van der Waals surface area contributed by atoms with Gasteiger partial charge in [-0.3, -0.25) is 4.79 Å². The molecule has 2 aromatic rings. The molecule has 0 spiro atoms. The van der Waals surface area contributed by atoms with E-state index in [-0.39, 0.29) is 22.5 Å². The highest BCUT2D eigenvalue weighted by molar-refractivity contribution is 6.06. The van der Waals surface area contributed by atoms with Crippen LogP contribution >= 0.6 is 0 Å². The number of amides is 1. The molecule has 1 amide bonds. The fraction of sp³-hybridized carbons (Fsp3) is 0.409. The van der Waals surface area contributed by atoms with Crippen molar-refractivity contribution in [3.63, 3.8) is 0 Å². The Morgan fingerprint density at radius 2 is 1.40 bits per heavy atom. The average molecular weight is 339 g/mol. The van der Waals surface area contributed by atoms with Crippen molar-refractivity contribution in [3.05, 3.63) is 58.7 Å². The van der Waals surface area contributed by atoms with Gasteiger partial charge in [0.05, 0.1) is 5.56 Å². The maximum absolute atomic E-state index is 12.6. The molecule has 0 aliphatic rings. The first-order chi connectivity index (χ1) is 11.4. The molecule has 0 heterocycles. The predicted octanol–water partition coefficient (Wildman–Crippen LogP) is 5.55. The molecule has 2 aromatic carbocycles. The number of carbonyl (C=O) groups is 1. The van der Waals surface area contributed by atoms with Gasteiger partial charge >= 0.3 is 0 Å². The van der Waals surface area contributed by atoms with E-state index in [1.54, 1.807) is 18.2 Å². The summed E-state index contributed by atoms with van der Waals surface area (Å²) in [6, 6.07) is 11.3. The second-order valence-electron chi connectivity index (χ2n) is 8.77. The van der Waals surface area contributed by atoms with Crippen LogP contribution in [0.2, 0.25) is 0 Å². The molecular formula is C22H29NO2. The first kappa shape index (κ1) is 19.0. The summed E-state index contributed by atoms with van der Waals surface area (Å²) in [4.78, 5) is 12.6. The van der Waals surface area contributed by atoms with E-state index in [1.165, 1.54) is 11.1 Å². The van der Waals surface area contributed by atoms with Crippen LogP contribution in [0, 0.1) is 6.92 Å². The predicted molar refractivity (Wildman–Crippen MR) is 105 cm³/mol. The number of phenolic OH excluding ortho intramolecular Hbond substituents is 1. The molecule has 2 N–H and O–H groups in total. The zero-order valence-corrected chi connectivity index (χ0v) is 16.3. The Kier molecular flexibility index (Phi) is 4.99. The lowest BCUT2D eigenvalue weighted by atomic mass is 9.80. The topological polar surface area (TPSA) is 49.3 Å². The number of carbonyl (C=O) groups excluding carboxylic acids is 1. The standard InChI is InChI=1S/C22H29NO2/c1-14-8-9-19(24)18(10-14)20(25)23-17-12-15(21(2,3)4)11-16(13-17)22(5,6)7/h8-13,24H,1-7H3,(H,23,25). The van der Waals surface area contributed by atoms with Gasteiger partial charge in [-0.25, -0.2) is 0 Å². The number of aromatic hydroxyl groups is 1. The van der Waals surface area contributed by atoms with Gasteiger partial charge in [-0.1, -0.05) is 59.2 Å². The molecule has 0 aromatic heterocycles. The summed E-state index contributed by atoms with van der Waals surface area (Å²) in [5, 5.41) is 12.9. The molecule has 0 aliphatic heterocycles. The smallest absolute Gasteiger partial charge is 0.259 e. The molecule has 0 bridgehead atoms. The van der Waals surface area contributed by atoms with E-state index in [0.29, 0.717) is 5.56 Å². The largest absolute Gasteiger partial charge is 0.507 e. The first-order valence-corrected chi connectivity index (χ1v) is 8.65. The highest BCUT2D eigenvalue weighted by Gasteiger charge is 2.21. The molecule has 0 saturated carbocycles. The number of aryl methyl sites for hydroxylation is 1. The quantitative estimate of drug-likeness (QED) is 0.754. The lowest BCUT2D eigenvalue weighted by molar-refractivity contribution is 0.102. The number of nitrogens with one attached hydrogen (secondary N) is 1. The fourth-order valence-corrected chi connectivity index (χ4v) is 2.60. The molecule has 0 aliphatic carbocycles. The summed E-state index contributed by atoms with van der Waals surface area (Å²) < 4.78 is 0. The molecule has 0 atom stereocenters. The monoisotopic (exact) mass is 339 g/mol. The van der Waals surface area contributed by atoms with E-state index < -0.39 is 0 Å². The van der Waals surface area contributed by atoms with Crippen LogP contribution in [0.3, 0.4) is 0 Å². The van der Waals surface area contributed by atoms with Gasteiger partial charge in [0, 0.05) is 5.69 Å². The van der Waals surface area contributed by atoms with Crippen molar-refractivity contribution in [1.29, 1.82) is 0 Å². The number of anilines is 1. The summed E-state index contributed by atoms with van der Waals surface area (Å²) in [6.45, 7) is 14.9. The Morgan fingerprint density at radius 3 is 1.88 bits per heavy atom. The molecule has 25 heavy (non-hydrogen) atoms. The van der Waals surface area contributed by atoms with Gasteiger partial charge in [0.25, 0.3) is 5.91 Å². The van der Waals surface area contributed by atoms with Crippen LogP contribution < -0.4 is 5.32 Å². The average Bonchev–Trinajstić information content (AvgIpc) is 2.47. The lowest BCUT2D eigenvalue weighted by Crippen LogP contribution is -2.19. The Labute approximate surface area is 151 Å². The maximum atomic E-state index is 12.6. The molecule has 0 radical (unpaired) electrons. The molecule has 134 valence electrons. The van der Waals surface area contributed by atoms with Crippen molar-refractivity contribution >= 4 is 11.6 Å². The number of hydrogen-bond donors (Lipinski definition) is 2. The Hall–Kier alpha value is -2.29. The van der Waals surface area contributed by atoms with Crippen molar-refractivity contribution in [3.8, 4) is 5.75 Å². The first-order valence-electron chi connectivity index (χ1n) is 8.65. The zero-order valence-electron chi connectivity index (χ0n) is 16.3. The summed E-state index contributed by atoms with van der Waals surface area (Å²) >= 11 is 0. The summed E-state index contributed by atoms with van der Waals surface area (Å²) in [7, 11) is 0. The van der Waals surface area contributed by atoms with Crippen LogP contribution in [-0.2, 0) is 10.8 Å². The van der Waals surface area contributed by atoms with Gasteiger partial charge in [-0.2, -0.15) is 0 Å². The maximum Gasteiger partial charge on any atom is 0.259 e. The van der Waals surface area contributed by atoms with Crippen molar-refractivity contribution in [1.82, 2.24) is 0 Å². The van der Waals surface area contributed by atoms with Crippen LogP contribution in [0.4, 0.5) is 5.69 Å². The minimum absolute atomic E-state index is 0.00822. The molecule has 0 unspecified atom stereocenters. The van der Waals surface area contributed by atoms with E-state index in [9.17, 15) is 9.90 Å². The second kappa shape index (κ2) is 6.55. The summed E-state index contributed by atoms with van der Waals surface area (Å²) in [6.07, 6.45) is 0. The van der Waals surface area contributed by atoms with E-state index in [2.05, 4.69) is 52.9 Å². The normalized spacial score (nSPS) is 12.1. The molecule has 3 nitrogen and oxygen atoms in total. The van der Waals surface area contributed by atoms with Crippen LogP contribution in [0.25, 0.3) is 0 Å². The molecule has 0 saturated heterocycles. The number of benzene rings is 2. The molecule has 3 heteroatoms. The van der Waals surface area contributed by atoms with Crippen molar-refractivity contribution in [2.75, 3.05) is 5.32 Å². The van der Waals surface area contributed by atoms with Gasteiger partial charge in [0.15, 0.2) is 0 Å². The van der Waals surface area contributed by atoms with Gasteiger partial charge in [0.2, 0.25) is 0 Å².